The summed E-state index contributed by atoms with van der Waals surface area (Å²) in [7, 11) is 0. The van der Waals surface area contributed by atoms with Gasteiger partial charge >= 0.3 is 0 Å². The van der Waals surface area contributed by atoms with E-state index in [9.17, 15) is 0 Å². The summed E-state index contributed by atoms with van der Waals surface area (Å²) in [6.45, 7) is 7.67. The van der Waals surface area contributed by atoms with Crippen LogP contribution in [0.25, 0.3) is 0 Å². The second-order valence-electron chi connectivity index (χ2n) is 6.52. The molecular formula is C20H40N2S. The van der Waals surface area contributed by atoms with Crippen molar-refractivity contribution < 1.29 is 0 Å². The van der Waals surface area contributed by atoms with Gasteiger partial charge in [-0.15, -0.1) is 6.58 Å². The summed E-state index contributed by atoms with van der Waals surface area (Å²) < 4.78 is 0. The number of unbranched alkanes of at least 4 members (excludes halogenated alkanes) is 13. The molecule has 0 radical (unpaired) electrons. The van der Waals surface area contributed by atoms with Crippen LogP contribution in [0.4, 0.5) is 0 Å². The molecule has 0 bridgehead atoms. The van der Waals surface area contributed by atoms with E-state index in [0.717, 1.165) is 18.2 Å². The molecule has 0 unspecified atom stereocenters. The van der Waals surface area contributed by atoms with Crippen molar-refractivity contribution in [3.05, 3.63) is 12.7 Å². The fourth-order valence-corrected chi connectivity index (χ4v) is 2.93. The predicted octanol–water partition coefficient (Wildman–Crippen LogP) is 6.12. The van der Waals surface area contributed by atoms with Crippen LogP contribution in [0, 0.1) is 0 Å². The molecule has 0 rings (SSSR count). The molecule has 0 atom stereocenters. The van der Waals surface area contributed by atoms with Crippen LogP contribution >= 0.6 is 12.2 Å². The highest BCUT2D eigenvalue weighted by Crippen LogP contribution is 2.12. The first kappa shape index (κ1) is 22.4. The lowest BCUT2D eigenvalue weighted by Crippen LogP contribution is -2.35. The summed E-state index contributed by atoms with van der Waals surface area (Å²) >= 11 is 5.15. The highest BCUT2D eigenvalue weighted by molar-refractivity contribution is 7.80. The molecule has 0 aromatic heterocycles. The molecule has 0 aliphatic carbocycles. The first-order valence-electron chi connectivity index (χ1n) is 9.93. The first-order chi connectivity index (χ1) is 11.3. The summed E-state index contributed by atoms with van der Waals surface area (Å²) in [5.41, 5.74) is 0. The average Bonchev–Trinajstić information content (AvgIpc) is 2.56. The first-order valence-corrected chi connectivity index (χ1v) is 10.3. The minimum absolute atomic E-state index is 0.741. The van der Waals surface area contributed by atoms with E-state index in [1.54, 1.807) is 0 Å². The maximum Gasteiger partial charge on any atom is 0.166 e. The topological polar surface area (TPSA) is 24.1 Å². The third-order valence-corrected chi connectivity index (χ3v) is 4.51. The largest absolute Gasteiger partial charge is 0.363 e. The summed E-state index contributed by atoms with van der Waals surface area (Å²) in [6.07, 6.45) is 21.4. The van der Waals surface area contributed by atoms with Crippen molar-refractivity contribution in [2.24, 2.45) is 0 Å². The monoisotopic (exact) mass is 340 g/mol. The highest BCUT2D eigenvalue weighted by atomic mass is 32.1. The van der Waals surface area contributed by atoms with Gasteiger partial charge in [-0.3, -0.25) is 0 Å². The van der Waals surface area contributed by atoms with Crippen molar-refractivity contribution >= 4 is 17.3 Å². The zero-order chi connectivity index (χ0) is 17.0. The second kappa shape index (κ2) is 19.5. The zero-order valence-electron chi connectivity index (χ0n) is 15.5. The van der Waals surface area contributed by atoms with Crippen molar-refractivity contribution in [1.82, 2.24) is 10.6 Å². The Morgan fingerprint density at radius 2 is 1.17 bits per heavy atom. The Bertz CT molecular complexity index is 266. The van der Waals surface area contributed by atoms with Gasteiger partial charge in [0.05, 0.1) is 0 Å². The molecule has 2 N–H and O–H groups in total. The third kappa shape index (κ3) is 19.4. The highest BCUT2D eigenvalue weighted by Gasteiger charge is 1.95. The van der Waals surface area contributed by atoms with Crippen LogP contribution in [0.1, 0.15) is 96.8 Å². The number of nitrogens with one attached hydrogen (secondary N) is 2. The van der Waals surface area contributed by atoms with Crippen LogP contribution in [0.5, 0.6) is 0 Å². The van der Waals surface area contributed by atoms with E-state index in [1.165, 1.54) is 89.9 Å². The molecule has 0 aromatic carbocycles. The molecule has 0 saturated carbocycles. The van der Waals surface area contributed by atoms with Gasteiger partial charge in [0.15, 0.2) is 5.11 Å². The smallest absolute Gasteiger partial charge is 0.166 e. The Hall–Kier alpha value is -0.570. The Labute approximate surface area is 150 Å². The molecular weight excluding hydrogens is 300 g/mol. The van der Waals surface area contributed by atoms with Crippen LogP contribution < -0.4 is 10.6 Å². The molecule has 136 valence electrons. The standard InChI is InChI=1S/C20H40N2S/c1-3-5-6-7-8-9-10-11-12-13-14-15-16-17-19-22-20(23)21-18-4-2/h4H,2-3,5-19H2,1H3,(H2,21,22,23). The van der Waals surface area contributed by atoms with Gasteiger partial charge in [-0.1, -0.05) is 96.5 Å². The minimum Gasteiger partial charge on any atom is -0.363 e. The lowest BCUT2D eigenvalue weighted by atomic mass is 10.0. The summed E-state index contributed by atoms with van der Waals surface area (Å²) in [5, 5.41) is 7.07. The van der Waals surface area contributed by atoms with Crippen molar-refractivity contribution in [2.75, 3.05) is 13.1 Å². The van der Waals surface area contributed by atoms with Gasteiger partial charge in [-0.05, 0) is 18.6 Å². The fourth-order valence-electron chi connectivity index (χ4n) is 2.75. The normalized spacial score (nSPS) is 10.5. The quantitative estimate of drug-likeness (QED) is 0.189. The van der Waals surface area contributed by atoms with Crippen molar-refractivity contribution in [1.29, 1.82) is 0 Å². The molecule has 0 aromatic rings. The number of rotatable bonds is 17. The van der Waals surface area contributed by atoms with Crippen LogP contribution in [0.15, 0.2) is 12.7 Å². The van der Waals surface area contributed by atoms with Crippen molar-refractivity contribution in [2.45, 2.75) is 96.8 Å². The predicted molar refractivity (Wildman–Crippen MR) is 109 cm³/mol. The molecule has 0 aliphatic heterocycles. The Balaban J connectivity index is 3.05. The van der Waals surface area contributed by atoms with E-state index in [2.05, 4.69) is 24.1 Å². The van der Waals surface area contributed by atoms with Gasteiger partial charge in [-0.2, -0.15) is 0 Å². The molecule has 2 nitrogen and oxygen atoms in total. The molecule has 23 heavy (non-hydrogen) atoms. The third-order valence-electron chi connectivity index (χ3n) is 4.22. The Kier molecular flexibility index (Phi) is 19.0. The lowest BCUT2D eigenvalue weighted by molar-refractivity contribution is 0.535. The van der Waals surface area contributed by atoms with E-state index in [1.807, 2.05) is 6.08 Å². The van der Waals surface area contributed by atoms with E-state index in [0.29, 0.717) is 0 Å². The van der Waals surface area contributed by atoms with Crippen molar-refractivity contribution in [3.63, 3.8) is 0 Å². The summed E-state index contributed by atoms with van der Waals surface area (Å²) in [5.74, 6) is 0. The molecule has 3 heteroatoms. The van der Waals surface area contributed by atoms with Crippen LogP contribution in [-0.2, 0) is 0 Å². The van der Waals surface area contributed by atoms with Gasteiger partial charge in [0.1, 0.15) is 0 Å². The molecule has 0 amide bonds. The molecule has 0 spiro atoms. The number of thiocarbonyl (C=S) groups is 1. The SMILES string of the molecule is C=CCNC(=S)NCCCCCCCCCCCCCCCC. The van der Waals surface area contributed by atoms with Crippen LogP contribution in [-0.4, -0.2) is 18.2 Å². The van der Waals surface area contributed by atoms with E-state index < -0.39 is 0 Å². The average molecular weight is 341 g/mol. The van der Waals surface area contributed by atoms with E-state index >= 15 is 0 Å². The summed E-state index contributed by atoms with van der Waals surface area (Å²) in [4.78, 5) is 0. The summed E-state index contributed by atoms with van der Waals surface area (Å²) in [6, 6.07) is 0. The molecule has 0 aliphatic rings. The van der Waals surface area contributed by atoms with Gasteiger partial charge in [0.2, 0.25) is 0 Å². The number of hydrogen-bond acceptors (Lipinski definition) is 1. The number of hydrogen-bond donors (Lipinski definition) is 2. The van der Waals surface area contributed by atoms with Gasteiger partial charge in [-0.25, -0.2) is 0 Å². The molecule has 0 saturated heterocycles. The minimum atomic E-state index is 0.741. The lowest BCUT2D eigenvalue weighted by Gasteiger charge is -2.08. The van der Waals surface area contributed by atoms with Crippen molar-refractivity contribution in [3.8, 4) is 0 Å². The maximum atomic E-state index is 5.15. The van der Waals surface area contributed by atoms with Gasteiger partial charge in [0.25, 0.3) is 0 Å². The Morgan fingerprint density at radius 1 is 0.739 bits per heavy atom. The van der Waals surface area contributed by atoms with Gasteiger partial charge in [0, 0.05) is 13.1 Å². The van der Waals surface area contributed by atoms with Crippen LogP contribution in [0.3, 0.4) is 0 Å². The fraction of sp³-hybridized carbons (Fsp3) is 0.850. The Morgan fingerprint density at radius 3 is 1.61 bits per heavy atom. The molecule has 0 heterocycles. The van der Waals surface area contributed by atoms with E-state index in [4.69, 9.17) is 12.2 Å². The van der Waals surface area contributed by atoms with Gasteiger partial charge < -0.3 is 10.6 Å². The molecule has 0 fully saturated rings. The van der Waals surface area contributed by atoms with Crippen LogP contribution in [0.2, 0.25) is 0 Å². The van der Waals surface area contributed by atoms with E-state index in [-0.39, 0.29) is 0 Å². The maximum absolute atomic E-state index is 5.15. The zero-order valence-corrected chi connectivity index (χ0v) is 16.3. The second-order valence-corrected chi connectivity index (χ2v) is 6.93.